The second-order valence-electron chi connectivity index (χ2n) is 3.57. The van der Waals surface area contributed by atoms with Crippen molar-refractivity contribution in [1.82, 2.24) is 4.98 Å². The summed E-state index contributed by atoms with van der Waals surface area (Å²) in [5.41, 5.74) is 2.29. The van der Waals surface area contributed by atoms with Gasteiger partial charge in [0.1, 0.15) is 0 Å². The number of benzene rings is 1. The van der Waals surface area contributed by atoms with E-state index in [1.54, 1.807) is 18.2 Å². The Balaban J connectivity index is 2.62. The zero-order chi connectivity index (χ0) is 11.7. The minimum Gasteiger partial charge on any atom is -0.358 e. The average Bonchev–Trinajstić information content (AvgIpc) is 2.14. The van der Waals surface area contributed by atoms with Crippen LogP contribution in [0.4, 0.5) is 0 Å². The number of hydrogen-bond acceptors (Lipinski definition) is 1. The highest BCUT2D eigenvalue weighted by Crippen LogP contribution is 2.25. The molecule has 1 heterocycles. The van der Waals surface area contributed by atoms with Crippen LogP contribution in [-0.2, 0) is 0 Å². The van der Waals surface area contributed by atoms with Gasteiger partial charge in [-0.2, -0.15) is 0 Å². The number of nitrogens with one attached hydrogen (secondary N) is 1. The van der Waals surface area contributed by atoms with Crippen LogP contribution in [0.5, 0.6) is 0 Å². The number of H-pyrrole nitrogens is 1. The van der Waals surface area contributed by atoms with Gasteiger partial charge in [0.2, 0.25) is 0 Å². The molecule has 0 aliphatic rings. The highest BCUT2D eigenvalue weighted by atomic mass is 35.5. The van der Waals surface area contributed by atoms with Crippen LogP contribution in [0.15, 0.2) is 35.1 Å². The van der Waals surface area contributed by atoms with Gasteiger partial charge in [-0.3, -0.25) is 4.79 Å². The Labute approximate surface area is 103 Å². The summed E-state index contributed by atoms with van der Waals surface area (Å²) in [5.74, 6) is 0. The molecule has 0 radical (unpaired) electrons. The van der Waals surface area contributed by atoms with Gasteiger partial charge in [0.25, 0.3) is 0 Å². The zero-order valence-corrected chi connectivity index (χ0v) is 10.1. The van der Waals surface area contributed by atoms with Crippen molar-refractivity contribution in [2.45, 2.75) is 6.92 Å². The minimum absolute atomic E-state index is 0.0395. The van der Waals surface area contributed by atoms with Crippen LogP contribution in [0.3, 0.4) is 0 Å². The monoisotopic (exact) mass is 253 g/mol. The number of pyridine rings is 1. The fourth-order valence-electron chi connectivity index (χ4n) is 1.55. The van der Waals surface area contributed by atoms with E-state index in [0.29, 0.717) is 10.0 Å². The van der Waals surface area contributed by atoms with Crippen LogP contribution in [0, 0.1) is 6.92 Å². The average molecular weight is 254 g/mol. The van der Waals surface area contributed by atoms with Crippen LogP contribution >= 0.6 is 23.2 Å². The second-order valence-corrected chi connectivity index (χ2v) is 4.44. The van der Waals surface area contributed by atoms with Crippen LogP contribution in [-0.4, -0.2) is 4.98 Å². The van der Waals surface area contributed by atoms with Gasteiger partial charge in [0.15, 0.2) is 5.43 Å². The molecule has 82 valence electrons. The maximum atomic E-state index is 11.4. The quantitative estimate of drug-likeness (QED) is 0.827. The van der Waals surface area contributed by atoms with Gasteiger partial charge >= 0.3 is 0 Å². The first-order valence-corrected chi connectivity index (χ1v) is 5.47. The topological polar surface area (TPSA) is 32.9 Å². The Morgan fingerprint density at radius 1 is 1.00 bits per heavy atom. The Morgan fingerprint density at radius 3 is 2.19 bits per heavy atom. The molecule has 0 saturated carbocycles. The SMILES string of the molecule is Cc1cc(=O)cc(-c2cc(Cl)cc(Cl)c2)[nH]1. The first-order valence-electron chi connectivity index (χ1n) is 4.72. The van der Waals surface area contributed by atoms with Gasteiger partial charge in [-0.15, -0.1) is 0 Å². The van der Waals surface area contributed by atoms with E-state index in [-0.39, 0.29) is 5.43 Å². The van der Waals surface area contributed by atoms with Crippen molar-refractivity contribution in [1.29, 1.82) is 0 Å². The molecule has 1 N–H and O–H groups in total. The summed E-state index contributed by atoms with van der Waals surface area (Å²) in [4.78, 5) is 14.5. The molecule has 1 aromatic carbocycles. The van der Waals surface area contributed by atoms with Crippen LogP contribution < -0.4 is 5.43 Å². The molecule has 0 unspecified atom stereocenters. The lowest BCUT2D eigenvalue weighted by Crippen LogP contribution is -2.01. The summed E-state index contributed by atoms with van der Waals surface area (Å²) in [5, 5.41) is 1.09. The van der Waals surface area contributed by atoms with Gasteiger partial charge in [0, 0.05) is 39.1 Å². The number of hydrogen-bond donors (Lipinski definition) is 1. The molecule has 4 heteroatoms. The van der Waals surface area contributed by atoms with Crippen LogP contribution in [0.2, 0.25) is 10.0 Å². The molecule has 0 aliphatic heterocycles. The summed E-state index contributed by atoms with van der Waals surface area (Å²) in [7, 11) is 0. The lowest BCUT2D eigenvalue weighted by Gasteiger charge is -2.04. The van der Waals surface area contributed by atoms with Crippen molar-refractivity contribution in [3.8, 4) is 11.3 Å². The highest BCUT2D eigenvalue weighted by molar-refractivity contribution is 6.35. The zero-order valence-electron chi connectivity index (χ0n) is 8.55. The van der Waals surface area contributed by atoms with Crippen molar-refractivity contribution in [3.05, 3.63) is 56.3 Å². The molecular formula is C12H9Cl2NO. The van der Waals surface area contributed by atoms with Crippen molar-refractivity contribution in [3.63, 3.8) is 0 Å². The van der Waals surface area contributed by atoms with E-state index in [9.17, 15) is 4.79 Å². The number of aromatic nitrogens is 1. The summed E-state index contributed by atoms with van der Waals surface area (Å²) >= 11 is 11.8. The lowest BCUT2D eigenvalue weighted by atomic mass is 10.1. The second kappa shape index (κ2) is 4.32. The van der Waals surface area contributed by atoms with Crippen molar-refractivity contribution in [2.24, 2.45) is 0 Å². The number of aromatic amines is 1. The third kappa shape index (κ3) is 2.46. The fourth-order valence-corrected chi connectivity index (χ4v) is 2.07. The molecule has 0 amide bonds. The Bertz CT molecular complexity index is 570. The van der Waals surface area contributed by atoms with Crippen molar-refractivity contribution in [2.75, 3.05) is 0 Å². The lowest BCUT2D eigenvalue weighted by molar-refractivity contribution is 1.19. The van der Waals surface area contributed by atoms with Gasteiger partial charge < -0.3 is 4.98 Å². The van der Waals surface area contributed by atoms with E-state index in [4.69, 9.17) is 23.2 Å². The maximum Gasteiger partial charge on any atom is 0.182 e. The largest absolute Gasteiger partial charge is 0.358 e. The van der Waals surface area contributed by atoms with E-state index in [0.717, 1.165) is 17.0 Å². The normalized spacial score (nSPS) is 10.4. The molecular weight excluding hydrogens is 245 g/mol. The summed E-state index contributed by atoms with van der Waals surface area (Å²) in [6.07, 6.45) is 0. The molecule has 2 aromatic rings. The Hall–Kier alpha value is -1.25. The first kappa shape index (κ1) is 11.2. The standard InChI is InChI=1S/C12H9Cl2NO/c1-7-2-11(16)6-12(15-7)8-3-9(13)5-10(14)4-8/h2-6H,1H3,(H,15,16). The van der Waals surface area contributed by atoms with E-state index < -0.39 is 0 Å². The van der Waals surface area contributed by atoms with E-state index >= 15 is 0 Å². The molecule has 0 aliphatic carbocycles. The van der Waals surface area contributed by atoms with Gasteiger partial charge in [-0.25, -0.2) is 0 Å². The van der Waals surface area contributed by atoms with Gasteiger partial charge in [-0.1, -0.05) is 23.2 Å². The summed E-state index contributed by atoms with van der Waals surface area (Å²) in [6.45, 7) is 1.83. The van der Waals surface area contributed by atoms with Gasteiger partial charge in [0.05, 0.1) is 0 Å². The summed E-state index contributed by atoms with van der Waals surface area (Å²) < 4.78 is 0. The molecule has 1 aromatic heterocycles. The van der Waals surface area contributed by atoms with E-state index in [1.165, 1.54) is 12.1 Å². The maximum absolute atomic E-state index is 11.4. The first-order chi connectivity index (χ1) is 7.54. The van der Waals surface area contributed by atoms with E-state index in [2.05, 4.69) is 4.98 Å². The molecule has 0 spiro atoms. The Kier molecular flexibility index (Phi) is 3.03. The van der Waals surface area contributed by atoms with Crippen LogP contribution in [0.25, 0.3) is 11.3 Å². The highest BCUT2D eigenvalue weighted by Gasteiger charge is 2.03. The van der Waals surface area contributed by atoms with Gasteiger partial charge in [-0.05, 0) is 25.1 Å². The Morgan fingerprint density at radius 2 is 1.62 bits per heavy atom. The molecule has 0 saturated heterocycles. The number of halogens is 2. The van der Waals surface area contributed by atoms with Crippen molar-refractivity contribution < 1.29 is 0 Å². The van der Waals surface area contributed by atoms with Crippen molar-refractivity contribution >= 4 is 23.2 Å². The fraction of sp³-hybridized carbons (Fsp3) is 0.0833. The molecule has 2 rings (SSSR count). The molecule has 0 bridgehead atoms. The van der Waals surface area contributed by atoms with Crippen LogP contribution in [0.1, 0.15) is 5.69 Å². The number of rotatable bonds is 1. The summed E-state index contributed by atoms with van der Waals surface area (Å²) in [6, 6.07) is 8.24. The predicted molar refractivity (Wildman–Crippen MR) is 67.3 cm³/mol. The number of aryl methyl sites for hydroxylation is 1. The minimum atomic E-state index is -0.0395. The molecule has 2 nitrogen and oxygen atoms in total. The van der Waals surface area contributed by atoms with E-state index in [1.807, 2.05) is 6.92 Å². The third-order valence-corrected chi connectivity index (χ3v) is 2.59. The third-order valence-electron chi connectivity index (χ3n) is 2.15. The predicted octanol–water partition coefficient (Wildman–Crippen LogP) is 3.66. The molecule has 0 fully saturated rings. The molecule has 0 atom stereocenters. The smallest absolute Gasteiger partial charge is 0.182 e. The molecule has 16 heavy (non-hydrogen) atoms.